The van der Waals surface area contributed by atoms with Gasteiger partial charge in [0.05, 0.1) is 12.7 Å². The number of likely N-dealkylation sites (N-methyl/N-ethyl adjacent to an activating group) is 1. The number of aliphatic carboxylic acids is 1. The zero-order chi connectivity index (χ0) is 15.0. The number of carboxylic acid groups (broad SMARTS) is 1. The first-order valence-electron chi connectivity index (χ1n) is 6.61. The molecule has 2 amide bonds. The van der Waals surface area contributed by atoms with E-state index in [-0.39, 0.29) is 12.5 Å². The van der Waals surface area contributed by atoms with E-state index in [4.69, 9.17) is 16.3 Å². The zero-order valence-electron chi connectivity index (χ0n) is 11.6. The minimum atomic E-state index is -1.15. The lowest BCUT2D eigenvalue weighted by Gasteiger charge is -2.32. The van der Waals surface area contributed by atoms with Gasteiger partial charge in [-0.2, -0.15) is 0 Å². The molecule has 1 aliphatic rings. The van der Waals surface area contributed by atoms with Gasteiger partial charge in [-0.1, -0.05) is 6.92 Å². The minimum Gasteiger partial charge on any atom is -0.480 e. The van der Waals surface area contributed by atoms with Crippen LogP contribution in [-0.2, 0) is 9.53 Å². The van der Waals surface area contributed by atoms with Crippen molar-refractivity contribution >= 4 is 12.0 Å². The monoisotopic (exact) mass is 283 g/mol. The molecule has 0 aliphatic carbocycles. The van der Waals surface area contributed by atoms with Crippen molar-refractivity contribution in [3.8, 4) is 12.3 Å². The molecule has 0 spiro atoms. The second-order valence-electron chi connectivity index (χ2n) is 4.54. The van der Waals surface area contributed by atoms with Gasteiger partial charge in [-0.15, -0.1) is 12.3 Å². The maximum absolute atomic E-state index is 11.6. The van der Waals surface area contributed by atoms with Gasteiger partial charge in [0, 0.05) is 26.1 Å². The van der Waals surface area contributed by atoms with Crippen LogP contribution in [0.5, 0.6) is 0 Å². The summed E-state index contributed by atoms with van der Waals surface area (Å²) in [7, 11) is 0. The van der Waals surface area contributed by atoms with Crippen LogP contribution in [0, 0.1) is 12.3 Å². The third-order valence-corrected chi connectivity index (χ3v) is 3.09. The number of ether oxygens (including phenoxy) is 1. The third kappa shape index (κ3) is 5.47. The first-order chi connectivity index (χ1) is 9.56. The molecule has 0 saturated carbocycles. The first-order valence-corrected chi connectivity index (χ1v) is 6.61. The Balaban J connectivity index is 2.32. The maximum atomic E-state index is 11.6. The number of terminal acetylenes is 1. The molecule has 0 aromatic rings. The second kappa shape index (κ2) is 8.40. The number of urea groups is 1. The summed E-state index contributed by atoms with van der Waals surface area (Å²) >= 11 is 0. The van der Waals surface area contributed by atoms with Gasteiger partial charge < -0.3 is 20.5 Å². The number of rotatable bonds is 6. The molecule has 1 rings (SSSR count). The molecule has 1 saturated heterocycles. The SMILES string of the molecule is C#CCC(NC(=O)NCC1CN(CC)CCO1)C(=O)O. The van der Waals surface area contributed by atoms with Crippen LogP contribution in [0.3, 0.4) is 0 Å². The van der Waals surface area contributed by atoms with Crippen molar-refractivity contribution in [1.82, 2.24) is 15.5 Å². The molecule has 7 heteroatoms. The lowest BCUT2D eigenvalue weighted by atomic mass is 10.2. The van der Waals surface area contributed by atoms with Crippen molar-refractivity contribution in [3.63, 3.8) is 0 Å². The van der Waals surface area contributed by atoms with E-state index >= 15 is 0 Å². The van der Waals surface area contributed by atoms with E-state index in [1.54, 1.807) is 0 Å². The largest absolute Gasteiger partial charge is 0.480 e. The number of carbonyl (C=O) groups excluding carboxylic acids is 1. The van der Waals surface area contributed by atoms with Crippen LogP contribution in [-0.4, -0.2) is 66.9 Å². The quantitative estimate of drug-likeness (QED) is 0.571. The van der Waals surface area contributed by atoms with Crippen LogP contribution >= 0.6 is 0 Å². The van der Waals surface area contributed by atoms with Crippen molar-refractivity contribution in [2.45, 2.75) is 25.5 Å². The van der Waals surface area contributed by atoms with Crippen molar-refractivity contribution < 1.29 is 19.4 Å². The minimum absolute atomic E-state index is 0.0493. The van der Waals surface area contributed by atoms with E-state index in [0.717, 1.165) is 19.6 Å². The fourth-order valence-electron chi connectivity index (χ4n) is 1.92. The van der Waals surface area contributed by atoms with Gasteiger partial charge >= 0.3 is 12.0 Å². The molecule has 0 radical (unpaired) electrons. The fraction of sp³-hybridized carbons (Fsp3) is 0.692. The Morgan fingerprint density at radius 1 is 1.60 bits per heavy atom. The summed E-state index contributed by atoms with van der Waals surface area (Å²) < 4.78 is 5.53. The molecule has 7 nitrogen and oxygen atoms in total. The van der Waals surface area contributed by atoms with Crippen LogP contribution in [0.2, 0.25) is 0 Å². The summed E-state index contributed by atoms with van der Waals surface area (Å²) in [6.07, 6.45) is 4.93. The normalized spacial score (nSPS) is 20.7. The molecule has 1 aliphatic heterocycles. The Hall–Kier alpha value is -1.78. The van der Waals surface area contributed by atoms with Gasteiger partial charge in [0.1, 0.15) is 6.04 Å². The Morgan fingerprint density at radius 2 is 2.35 bits per heavy atom. The molecule has 1 heterocycles. The number of amides is 2. The van der Waals surface area contributed by atoms with E-state index in [1.807, 2.05) is 0 Å². The van der Waals surface area contributed by atoms with Gasteiger partial charge in [0.15, 0.2) is 0 Å². The Bertz CT molecular complexity index is 380. The van der Waals surface area contributed by atoms with E-state index in [9.17, 15) is 9.59 Å². The third-order valence-electron chi connectivity index (χ3n) is 3.09. The predicted octanol–water partition coefficient (Wildman–Crippen LogP) is -0.517. The van der Waals surface area contributed by atoms with Crippen molar-refractivity contribution in [1.29, 1.82) is 0 Å². The van der Waals surface area contributed by atoms with Crippen LogP contribution in [0.25, 0.3) is 0 Å². The van der Waals surface area contributed by atoms with E-state index in [1.165, 1.54) is 0 Å². The van der Waals surface area contributed by atoms with Gasteiger partial charge in [0.2, 0.25) is 0 Å². The van der Waals surface area contributed by atoms with Crippen LogP contribution in [0.1, 0.15) is 13.3 Å². The highest BCUT2D eigenvalue weighted by atomic mass is 16.5. The Morgan fingerprint density at radius 3 is 2.95 bits per heavy atom. The molecule has 20 heavy (non-hydrogen) atoms. The Kier molecular flexibility index (Phi) is 6.84. The van der Waals surface area contributed by atoms with Crippen molar-refractivity contribution in [2.75, 3.05) is 32.8 Å². The molecule has 0 aromatic carbocycles. The molecule has 1 fully saturated rings. The number of carboxylic acids is 1. The zero-order valence-corrected chi connectivity index (χ0v) is 11.6. The van der Waals surface area contributed by atoms with Gasteiger partial charge in [-0.3, -0.25) is 4.90 Å². The van der Waals surface area contributed by atoms with E-state index in [2.05, 4.69) is 28.4 Å². The van der Waals surface area contributed by atoms with Crippen molar-refractivity contribution in [3.05, 3.63) is 0 Å². The fourth-order valence-corrected chi connectivity index (χ4v) is 1.92. The van der Waals surface area contributed by atoms with Gasteiger partial charge in [-0.05, 0) is 6.54 Å². The maximum Gasteiger partial charge on any atom is 0.327 e. The molecule has 0 aromatic heterocycles. The topological polar surface area (TPSA) is 90.9 Å². The predicted molar refractivity (Wildman–Crippen MR) is 73.3 cm³/mol. The first kappa shape index (κ1) is 16.3. The number of nitrogens with one attached hydrogen (secondary N) is 2. The molecule has 3 N–H and O–H groups in total. The highest BCUT2D eigenvalue weighted by molar-refractivity contribution is 5.82. The van der Waals surface area contributed by atoms with E-state index in [0.29, 0.717) is 13.2 Å². The lowest BCUT2D eigenvalue weighted by molar-refractivity contribution is -0.139. The highest BCUT2D eigenvalue weighted by Gasteiger charge is 2.22. The molecular weight excluding hydrogens is 262 g/mol. The molecule has 0 bridgehead atoms. The lowest BCUT2D eigenvalue weighted by Crippen LogP contribution is -2.51. The summed E-state index contributed by atoms with van der Waals surface area (Å²) in [5.74, 6) is 1.07. The van der Waals surface area contributed by atoms with Crippen LogP contribution in [0.15, 0.2) is 0 Å². The average molecular weight is 283 g/mol. The Labute approximate surface area is 118 Å². The smallest absolute Gasteiger partial charge is 0.327 e. The van der Waals surface area contributed by atoms with Crippen LogP contribution in [0.4, 0.5) is 4.79 Å². The number of morpholine rings is 1. The summed E-state index contributed by atoms with van der Waals surface area (Å²) in [6.45, 7) is 5.63. The van der Waals surface area contributed by atoms with Crippen LogP contribution < -0.4 is 10.6 Å². The average Bonchev–Trinajstić information content (AvgIpc) is 2.44. The molecular formula is C13H21N3O4. The van der Waals surface area contributed by atoms with E-state index < -0.39 is 18.0 Å². The molecule has 2 unspecified atom stereocenters. The van der Waals surface area contributed by atoms with Crippen molar-refractivity contribution in [2.24, 2.45) is 0 Å². The summed E-state index contributed by atoms with van der Waals surface area (Å²) in [4.78, 5) is 24.7. The van der Waals surface area contributed by atoms with Gasteiger partial charge in [0.25, 0.3) is 0 Å². The highest BCUT2D eigenvalue weighted by Crippen LogP contribution is 2.03. The summed E-state index contributed by atoms with van der Waals surface area (Å²) in [5.41, 5.74) is 0. The second-order valence-corrected chi connectivity index (χ2v) is 4.54. The number of carbonyl (C=O) groups is 2. The van der Waals surface area contributed by atoms with Gasteiger partial charge in [-0.25, -0.2) is 9.59 Å². The summed E-state index contributed by atoms with van der Waals surface area (Å²) in [6, 6.07) is -1.62. The number of hydrogen-bond acceptors (Lipinski definition) is 4. The molecule has 112 valence electrons. The standard InChI is InChI=1S/C13H21N3O4/c1-3-5-11(12(17)18)15-13(19)14-8-10-9-16(4-2)6-7-20-10/h1,10-11H,4-9H2,2H3,(H,17,18)(H2,14,15,19). The molecule has 2 atom stereocenters. The summed E-state index contributed by atoms with van der Waals surface area (Å²) in [5, 5.41) is 13.8. The number of nitrogens with zero attached hydrogens (tertiary/aromatic N) is 1. The number of hydrogen-bond donors (Lipinski definition) is 3.